The molecule has 0 radical (unpaired) electrons. The van der Waals surface area contributed by atoms with E-state index in [9.17, 15) is 14.4 Å². The monoisotopic (exact) mass is 548 g/mol. The molecule has 3 heterocycles. The number of rotatable bonds is 3. The van der Waals surface area contributed by atoms with Crippen LogP contribution in [-0.2, 0) is 9.59 Å². The summed E-state index contributed by atoms with van der Waals surface area (Å²) in [4.78, 5) is 45.7. The number of Topliss-reactive ketones (excluding diaryl/α,β-unsaturated/α-hetero) is 1. The molecule has 2 saturated heterocycles. The largest absolute Gasteiger partial charge is 0.358 e. The lowest BCUT2D eigenvalue weighted by atomic mass is 9.83. The van der Waals surface area contributed by atoms with E-state index in [1.807, 2.05) is 96.0 Å². The first-order valence-corrected chi connectivity index (χ1v) is 13.0. The van der Waals surface area contributed by atoms with E-state index in [0.717, 1.165) is 26.4 Å². The number of amides is 2. The Hall–Kier alpha value is -4.03. The van der Waals surface area contributed by atoms with Crippen molar-refractivity contribution < 1.29 is 14.4 Å². The third-order valence-corrected chi connectivity index (χ3v) is 8.40. The number of anilines is 1. The van der Waals surface area contributed by atoms with Gasteiger partial charge in [-0.3, -0.25) is 14.4 Å². The number of benzene rings is 4. The lowest BCUT2D eigenvalue weighted by Crippen LogP contribution is -2.44. The normalized spacial score (nSPS) is 23.8. The van der Waals surface area contributed by atoms with Gasteiger partial charge in [0.25, 0.3) is 0 Å². The van der Waals surface area contributed by atoms with E-state index in [-0.39, 0.29) is 17.6 Å². The number of nitrogens with zero attached hydrogens (tertiary/aromatic N) is 2. The quantitative estimate of drug-likeness (QED) is 0.232. The molecular weight excluding hydrogens is 528 g/mol. The summed E-state index contributed by atoms with van der Waals surface area (Å²) >= 11 is 3.43. The van der Waals surface area contributed by atoms with Gasteiger partial charge in [0.05, 0.1) is 23.6 Å². The van der Waals surface area contributed by atoms with Gasteiger partial charge >= 0.3 is 0 Å². The molecule has 0 aliphatic carbocycles. The number of hydrogen-bond donors (Lipinski definition) is 0. The maximum atomic E-state index is 14.2. The van der Waals surface area contributed by atoms with Gasteiger partial charge in [-0.05, 0) is 40.8 Å². The van der Waals surface area contributed by atoms with Gasteiger partial charge in [-0.25, -0.2) is 4.90 Å². The first kappa shape index (κ1) is 22.2. The molecule has 3 aliphatic heterocycles. The van der Waals surface area contributed by atoms with Crippen molar-refractivity contribution in [2.24, 2.45) is 11.8 Å². The van der Waals surface area contributed by atoms with Crippen LogP contribution in [0.4, 0.5) is 5.69 Å². The second-order valence-electron chi connectivity index (χ2n) is 9.71. The fourth-order valence-electron chi connectivity index (χ4n) is 6.28. The summed E-state index contributed by atoms with van der Waals surface area (Å²) < 4.78 is 0.868. The Labute approximate surface area is 222 Å². The van der Waals surface area contributed by atoms with Gasteiger partial charge in [0, 0.05) is 21.6 Å². The van der Waals surface area contributed by atoms with E-state index in [1.165, 1.54) is 4.90 Å². The SMILES string of the molecule is O=C(c1ccc(Br)cc1)C1C2C(=O)N(c3cccc4ccccc34)C(=O)C2C2c3ccccc3C=CN12. The summed E-state index contributed by atoms with van der Waals surface area (Å²) in [5.74, 6) is -2.18. The molecule has 4 atom stereocenters. The number of ketones is 1. The molecule has 4 aromatic carbocycles. The Morgan fingerprint density at radius 1 is 0.757 bits per heavy atom. The molecule has 0 bridgehead atoms. The highest BCUT2D eigenvalue weighted by molar-refractivity contribution is 9.10. The molecule has 2 amide bonds. The van der Waals surface area contributed by atoms with E-state index in [2.05, 4.69) is 15.9 Å². The fourth-order valence-corrected chi connectivity index (χ4v) is 6.55. The molecule has 4 aromatic rings. The molecule has 0 spiro atoms. The molecule has 0 aromatic heterocycles. The van der Waals surface area contributed by atoms with E-state index in [1.54, 1.807) is 12.1 Å². The zero-order chi connectivity index (χ0) is 25.3. The summed E-state index contributed by atoms with van der Waals surface area (Å²) in [5.41, 5.74) is 3.06. The zero-order valence-corrected chi connectivity index (χ0v) is 21.2. The number of halogens is 1. The maximum Gasteiger partial charge on any atom is 0.240 e. The lowest BCUT2D eigenvalue weighted by molar-refractivity contribution is -0.123. The fraction of sp³-hybridized carbons (Fsp3) is 0.129. The minimum Gasteiger partial charge on any atom is -0.358 e. The Morgan fingerprint density at radius 2 is 1.46 bits per heavy atom. The number of hydrogen-bond acceptors (Lipinski definition) is 4. The van der Waals surface area contributed by atoms with Crippen LogP contribution in [0.15, 0.2) is 102 Å². The molecule has 2 fully saturated rings. The molecule has 7 rings (SSSR count). The molecule has 0 N–H and O–H groups in total. The van der Waals surface area contributed by atoms with Gasteiger partial charge in [-0.2, -0.15) is 0 Å². The van der Waals surface area contributed by atoms with Gasteiger partial charge in [0.15, 0.2) is 5.78 Å². The first-order chi connectivity index (χ1) is 18.0. The van der Waals surface area contributed by atoms with Crippen molar-refractivity contribution in [3.05, 3.63) is 118 Å². The van der Waals surface area contributed by atoms with Crippen LogP contribution in [0.3, 0.4) is 0 Å². The molecule has 37 heavy (non-hydrogen) atoms. The van der Waals surface area contributed by atoms with Gasteiger partial charge in [0.2, 0.25) is 11.8 Å². The van der Waals surface area contributed by atoms with E-state index < -0.39 is 23.9 Å². The zero-order valence-electron chi connectivity index (χ0n) is 19.6. The highest BCUT2D eigenvalue weighted by Gasteiger charge is 2.64. The van der Waals surface area contributed by atoms with Gasteiger partial charge in [-0.1, -0.05) is 88.7 Å². The molecule has 3 aliphatic rings. The minimum absolute atomic E-state index is 0.157. The van der Waals surface area contributed by atoms with Crippen LogP contribution >= 0.6 is 15.9 Å². The van der Waals surface area contributed by atoms with E-state index >= 15 is 0 Å². The third-order valence-electron chi connectivity index (χ3n) is 7.87. The number of fused-ring (bicyclic) bond motifs is 6. The molecule has 180 valence electrons. The minimum atomic E-state index is -0.788. The Balaban J connectivity index is 1.40. The van der Waals surface area contributed by atoms with Gasteiger partial charge < -0.3 is 4.90 Å². The Bertz CT molecular complexity index is 1640. The summed E-state index contributed by atoms with van der Waals surface area (Å²) in [7, 11) is 0. The number of carbonyl (C=O) groups excluding carboxylic acids is 3. The van der Waals surface area contributed by atoms with Crippen LogP contribution in [-0.4, -0.2) is 28.5 Å². The smallest absolute Gasteiger partial charge is 0.240 e. The second-order valence-corrected chi connectivity index (χ2v) is 10.6. The van der Waals surface area contributed by atoms with E-state index in [0.29, 0.717) is 11.3 Å². The van der Waals surface area contributed by atoms with Crippen molar-refractivity contribution in [2.75, 3.05) is 4.90 Å². The van der Waals surface area contributed by atoms with Crippen LogP contribution in [0, 0.1) is 11.8 Å². The average Bonchev–Trinajstić information content (AvgIpc) is 3.40. The second kappa shape index (κ2) is 8.25. The summed E-state index contributed by atoms with van der Waals surface area (Å²) in [6.45, 7) is 0. The van der Waals surface area contributed by atoms with Crippen LogP contribution in [0.5, 0.6) is 0 Å². The predicted molar refractivity (Wildman–Crippen MR) is 146 cm³/mol. The third kappa shape index (κ3) is 3.18. The van der Waals surface area contributed by atoms with Crippen molar-refractivity contribution in [1.29, 1.82) is 0 Å². The van der Waals surface area contributed by atoms with Crippen LogP contribution in [0.2, 0.25) is 0 Å². The van der Waals surface area contributed by atoms with Crippen molar-refractivity contribution in [3.63, 3.8) is 0 Å². The van der Waals surface area contributed by atoms with Crippen LogP contribution < -0.4 is 4.90 Å². The molecule has 0 saturated carbocycles. The number of carbonyl (C=O) groups is 3. The summed E-state index contributed by atoms with van der Waals surface area (Å²) in [6, 6.07) is 27.3. The standard InChI is InChI=1S/C31H21BrN2O3/c32-21-14-12-20(13-15-21)29(35)28-26-25(27-23-10-4-2-7-19(23)16-17-33(27)28)30(36)34(31(26)37)24-11-5-8-18-6-1-3-9-22(18)24/h1-17,25-28H. The van der Waals surface area contributed by atoms with Gasteiger partial charge in [-0.15, -0.1) is 0 Å². The van der Waals surface area contributed by atoms with Crippen LogP contribution in [0.1, 0.15) is 27.5 Å². The molecule has 5 nitrogen and oxygen atoms in total. The lowest BCUT2D eigenvalue weighted by Gasteiger charge is -2.35. The first-order valence-electron chi connectivity index (χ1n) is 12.2. The maximum absolute atomic E-state index is 14.2. The van der Waals surface area contributed by atoms with Crippen molar-refractivity contribution in [1.82, 2.24) is 4.90 Å². The van der Waals surface area contributed by atoms with Gasteiger partial charge in [0.1, 0.15) is 6.04 Å². The molecular formula is C31H21BrN2O3. The van der Waals surface area contributed by atoms with Crippen LogP contribution in [0.25, 0.3) is 16.8 Å². The number of imide groups is 1. The Kier molecular flexibility index (Phi) is 4.95. The Morgan fingerprint density at radius 3 is 2.30 bits per heavy atom. The topological polar surface area (TPSA) is 57.7 Å². The van der Waals surface area contributed by atoms with Crippen molar-refractivity contribution in [2.45, 2.75) is 12.1 Å². The molecule has 4 unspecified atom stereocenters. The highest BCUT2D eigenvalue weighted by Crippen LogP contribution is 2.54. The summed E-state index contributed by atoms with van der Waals surface area (Å²) in [5, 5.41) is 1.79. The average molecular weight is 549 g/mol. The summed E-state index contributed by atoms with van der Waals surface area (Å²) in [6.07, 6.45) is 3.85. The molecule has 6 heteroatoms. The van der Waals surface area contributed by atoms with Crippen molar-refractivity contribution >= 4 is 56.1 Å². The highest BCUT2D eigenvalue weighted by atomic mass is 79.9. The van der Waals surface area contributed by atoms with E-state index in [4.69, 9.17) is 0 Å². The predicted octanol–water partition coefficient (Wildman–Crippen LogP) is 6.00. The van der Waals surface area contributed by atoms with Crippen molar-refractivity contribution in [3.8, 4) is 0 Å².